The van der Waals surface area contributed by atoms with Gasteiger partial charge in [-0.25, -0.2) is 4.98 Å². The summed E-state index contributed by atoms with van der Waals surface area (Å²) in [7, 11) is 1.55. The van der Waals surface area contributed by atoms with E-state index in [0.717, 1.165) is 5.01 Å². The van der Waals surface area contributed by atoms with Crippen LogP contribution >= 0.6 is 11.3 Å². The molecule has 0 saturated carbocycles. The molecule has 0 fully saturated rings. The van der Waals surface area contributed by atoms with Gasteiger partial charge in [-0.05, 0) is 37.3 Å². The Hall–Kier alpha value is -3.72. The molecular weight excluding hydrogens is 404 g/mol. The van der Waals surface area contributed by atoms with Crippen molar-refractivity contribution in [2.24, 2.45) is 0 Å². The van der Waals surface area contributed by atoms with Crippen LogP contribution in [0.5, 0.6) is 11.5 Å². The number of methoxy groups -OCH3 is 1. The first-order valence-electron chi connectivity index (χ1n) is 9.06. The van der Waals surface area contributed by atoms with E-state index in [4.69, 9.17) is 9.47 Å². The minimum atomic E-state index is -0.258. The summed E-state index contributed by atoms with van der Waals surface area (Å²) in [6.07, 6.45) is 0. The summed E-state index contributed by atoms with van der Waals surface area (Å²) in [5.41, 5.74) is 1.33. The number of aromatic nitrogens is 3. The number of carbonyl (C=O) groups is 1. The van der Waals surface area contributed by atoms with Crippen molar-refractivity contribution in [2.75, 3.05) is 12.4 Å². The van der Waals surface area contributed by atoms with Gasteiger partial charge in [-0.1, -0.05) is 23.5 Å². The van der Waals surface area contributed by atoms with Gasteiger partial charge in [-0.2, -0.15) is 9.61 Å². The van der Waals surface area contributed by atoms with E-state index in [2.05, 4.69) is 15.4 Å². The normalized spacial score (nSPS) is 10.7. The zero-order valence-corrected chi connectivity index (χ0v) is 17.1. The van der Waals surface area contributed by atoms with Gasteiger partial charge in [0.25, 0.3) is 11.5 Å². The van der Waals surface area contributed by atoms with E-state index in [-0.39, 0.29) is 18.1 Å². The van der Waals surface area contributed by atoms with Gasteiger partial charge in [0, 0.05) is 23.4 Å². The number of nitrogens with one attached hydrogen (secondary N) is 1. The Kier molecular flexibility index (Phi) is 5.44. The van der Waals surface area contributed by atoms with Gasteiger partial charge in [-0.15, -0.1) is 0 Å². The smallest absolute Gasteiger partial charge is 0.275 e. The highest BCUT2D eigenvalue weighted by atomic mass is 32.1. The number of hydrogen-bond donors (Lipinski definition) is 1. The van der Waals surface area contributed by atoms with E-state index in [0.29, 0.717) is 33.4 Å². The van der Waals surface area contributed by atoms with Crippen LogP contribution in [-0.2, 0) is 6.61 Å². The molecule has 0 aliphatic heterocycles. The number of aryl methyl sites for hydroxylation is 1. The maximum absolute atomic E-state index is 12.5. The van der Waals surface area contributed by atoms with Crippen LogP contribution in [0.25, 0.3) is 4.96 Å². The third kappa shape index (κ3) is 4.31. The SMILES string of the molecule is COc1cccc(C(=O)Nc2cccc(OCc3cc(=O)n4nc(C)sc4n3)c2)c1. The molecule has 152 valence electrons. The predicted octanol–water partition coefficient (Wildman–Crippen LogP) is 3.30. The summed E-state index contributed by atoms with van der Waals surface area (Å²) >= 11 is 1.34. The Balaban J connectivity index is 1.46. The second-order valence-electron chi connectivity index (χ2n) is 6.40. The quantitative estimate of drug-likeness (QED) is 0.512. The van der Waals surface area contributed by atoms with Crippen LogP contribution in [0.1, 0.15) is 21.1 Å². The number of rotatable bonds is 6. The van der Waals surface area contributed by atoms with Gasteiger partial charge in [0.2, 0.25) is 4.96 Å². The maximum atomic E-state index is 12.5. The Morgan fingerprint density at radius 2 is 1.93 bits per heavy atom. The number of anilines is 1. The average molecular weight is 422 g/mol. The Labute approximate surface area is 175 Å². The third-order valence-corrected chi connectivity index (χ3v) is 5.03. The van der Waals surface area contributed by atoms with E-state index in [9.17, 15) is 9.59 Å². The molecule has 1 N–H and O–H groups in total. The van der Waals surface area contributed by atoms with Gasteiger partial charge in [0.05, 0.1) is 12.8 Å². The Morgan fingerprint density at radius 1 is 1.13 bits per heavy atom. The number of ether oxygens (including phenoxy) is 2. The number of amides is 1. The van der Waals surface area contributed by atoms with Crippen molar-refractivity contribution < 1.29 is 14.3 Å². The maximum Gasteiger partial charge on any atom is 0.275 e. The van der Waals surface area contributed by atoms with Crippen LogP contribution in [0.3, 0.4) is 0 Å². The van der Waals surface area contributed by atoms with E-state index in [1.807, 2.05) is 6.92 Å². The summed E-state index contributed by atoms with van der Waals surface area (Å²) < 4.78 is 12.2. The molecule has 30 heavy (non-hydrogen) atoms. The average Bonchev–Trinajstić information content (AvgIpc) is 3.13. The topological polar surface area (TPSA) is 94.8 Å². The monoisotopic (exact) mass is 422 g/mol. The molecule has 2 heterocycles. The molecule has 1 amide bonds. The highest BCUT2D eigenvalue weighted by molar-refractivity contribution is 7.16. The van der Waals surface area contributed by atoms with Crippen molar-refractivity contribution in [1.82, 2.24) is 14.6 Å². The van der Waals surface area contributed by atoms with Crippen LogP contribution < -0.4 is 20.3 Å². The lowest BCUT2D eigenvalue weighted by Gasteiger charge is -2.10. The zero-order chi connectivity index (χ0) is 21.1. The predicted molar refractivity (Wildman–Crippen MR) is 114 cm³/mol. The minimum absolute atomic E-state index is 0.121. The molecule has 0 saturated heterocycles. The van der Waals surface area contributed by atoms with E-state index >= 15 is 0 Å². The number of nitrogens with zero attached hydrogens (tertiary/aromatic N) is 3. The first-order chi connectivity index (χ1) is 14.5. The summed E-state index contributed by atoms with van der Waals surface area (Å²) in [6, 6.07) is 15.3. The lowest BCUT2D eigenvalue weighted by atomic mass is 10.2. The van der Waals surface area contributed by atoms with Gasteiger partial charge < -0.3 is 14.8 Å². The summed E-state index contributed by atoms with van der Waals surface area (Å²) in [5.74, 6) is 0.893. The molecule has 0 atom stereocenters. The largest absolute Gasteiger partial charge is 0.497 e. The van der Waals surface area contributed by atoms with E-state index in [1.165, 1.54) is 21.9 Å². The fourth-order valence-corrected chi connectivity index (χ4v) is 3.58. The van der Waals surface area contributed by atoms with Crippen molar-refractivity contribution in [3.8, 4) is 11.5 Å². The fraction of sp³-hybridized carbons (Fsp3) is 0.143. The van der Waals surface area contributed by atoms with Gasteiger partial charge in [-0.3, -0.25) is 9.59 Å². The molecule has 2 aromatic heterocycles. The van der Waals surface area contributed by atoms with Gasteiger partial charge in [0.1, 0.15) is 23.1 Å². The molecule has 8 nitrogen and oxygen atoms in total. The third-order valence-electron chi connectivity index (χ3n) is 4.21. The first kappa shape index (κ1) is 19.6. The molecule has 0 spiro atoms. The van der Waals surface area contributed by atoms with Gasteiger partial charge >= 0.3 is 0 Å². The molecule has 0 bridgehead atoms. The van der Waals surface area contributed by atoms with Crippen LogP contribution in [0.2, 0.25) is 0 Å². The lowest BCUT2D eigenvalue weighted by Crippen LogP contribution is -2.16. The fourth-order valence-electron chi connectivity index (χ4n) is 2.81. The van der Waals surface area contributed by atoms with Crippen LogP contribution in [0, 0.1) is 6.92 Å². The molecule has 9 heteroatoms. The van der Waals surface area contributed by atoms with Crippen molar-refractivity contribution in [3.05, 3.63) is 81.2 Å². The molecule has 0 unspecified atom stereocenters. The van der Waals surface area contributed by atoms with Crippen molar-refractivity contribution in [3.63, 3.8) is 0 Å². The second-order valence-corrected chi connectivity index (χ2v) is 7.56. The highest BCUT2D eigenvalue weighted by Crippen LogP contribution is 2.20. The van der Waals surface area contributed by atoms with Crippen LogP contribution in [0.15, 0.2) is 59.4 Å². The number of benzene rings is 2. The lowest BCUT2D eigenvalue weighted by molar-refractivity contribution is 0.102. The minimum Gasteiger partial charge on any atom is -0.497 e. The molecule has 0 aliphatic carbocycles. The summed E-state index contributed by atoms with van der Waals surface area (Å²) in [4.78, 5) is 29.5. The van der Waals surface area contributed by atoms with Crippen molar-refractivity contribution in [1.29, 1.82) is 0 Å². The van der Waals surface area contributed by atoms with E-state index in [1.54, 1.807) is 55.6 Å². The van der Waals surface area contributed by atoms with E-state index < -0.39 is 0 Å². The van der Waals surface area contributed by atoms with Crippen molar-refractivity contribution in [2.45, 2.75) is 13.5 Å². The standard InChI is InChI=1S/C21H18N4O4S/c1-13-24-25-19(26)11-16(23-21(25)30-13)12-29-18-8-4-6-15(10-18)22-20(27)14-5-3-7-17(9-14)28-2/h3-11H,12H2,1-2H3,(H,22,27). The van der Waals surface area contributed by atoms with Crippen molar-refractivity contribution >= 4 is 27.9 Å². The zero-order valence-electron chi connectivity index (χ0n) is 16.3. The Bertz CT molecular complexity index is 1280. The van der Waals surface area contributed by atoms with Gasteiger partial charge in [0.15, 0.2) is 0 Å². The summed E-state index contributed by atoms with van der Waals surface area (Å²) in [6.45, 7) is 1.94. The molecule has 4 aromatic rings. The Morgan fingerprint density at radius 3 is 2.77 bits per heavy atom. The van der Waals surface area contributed by atoms with Crippen LogP contribution in [-0.4, -0.2) is 27.6 Å². The number of carbonyl (C=O) groups excluding carboxylic acids is 1. The second kappa shape index (κ2) is 8.34. The molecule has 4 rings (SSSR count). The highest BCUT2D eigenvalue weighted by Gasteiger charge is 2.09. The molecule has 0 radical (unpaired) electrons. The molecular formula is C21H18N4O4S. The molecule has 0 aliphatic rings. The number of fused-ring (bicyclic) bond motifs is 1. The number of hydrogen-bond acceptors (Lipinski definition) is 7. The van der Waals surface area contributed by atoms with Crippen LogP contribution in [0.4, 0.5) is 5.69 Å². The first-order valence-corrected chi connectivity index (χ1v) is 9.88. The summed E-state index contributed by atoms with van der Waals surface area (Å²) in [5, 5.41) is 7.71. The molecule has 2 aromatic carbocycles.